The van der Waals surface area contributed by atoms with Crippen LogP contribution in [-0.2, 0) is 6.42 Å². The van der Waals surface area contributed by atoms with Crippen LogP contribution < -0.4 is 10.6 Å². The lowest BCUT2D eigenvalue weighted by atomic mass is 9.97. The van der Waals surface area contributed by atoms with Crippen molar-refractivity contribution in [3.8, 4) is 0 Å². The van der Waals surface area contributed by atoms with E-state index >= 15 is 0 Å². The van der Waals surface area contributed by atoms with Gasteiger partial charge in [-0.1, -0.05) is 27.7 Å². The minimum Gasteiger partial charge on any atom is -0.341 e. The fourth-order valence-electron chi connectivity index (χ4n) is 2.70. The summed E-state index contributed by atoms with van der Waals surface area (Å²) in [5.74, 6) is 1.98. The number of hydrogen-bond acceptors (Lipinski definition) is 4. The summed E-state index contributed by atoms with van der Waals surface area (Å²) in [6, 6.07) is 0.344. The van der Waals surface area contributed by atoms with Crippen molar-refractivity contribution in [2.45, 2.75) is 58.9 Å². The lowest BCUT2D eigenvalue weighted by Gasteiger charge is -2.30. The standard InChI is InChI=1S/C16H28N4/c1-11(2)9-15-14(12(3)4)10-18-16(19-15)20-7-5-13(17)6-8-20/h10-13H,5-9,17H2,1-4H3. The maximum atomic E-state index is 5.97. The minimum atomic E-state index is 0.344. The van der Waals surface area contributed by atoms with Gasteiger partial charge in [0.05, 0.1) is 0 Å². The predicted molar refractivity (Wildman–Crippen MR) is 84.1 cm³/mol. The Balaban J connectivity index is 2.22. The van der Waals surface area contributed by atoms with Crippen molar-refractivity contribution >= 4 is 5.95 Å². The van der Waals surface area contributed by atoms with Gasteiger partial charge >= 0.3 is 0 Å². The molecular formula is C16H28N4. The highest BCUT2D eigenvalue weighted by Gasteiger charge is 2.20. The first kappa shape index (κ1) is 15.2. The summed E-state index contributed by atoms with van der Waals surface area (Å²) in [6.07, 6.45) is 5.12. The molecule has 0 radical (unpaired) electrons. The van der Waals surface area contributed by atoms with Gasteiger partial charge in [0.1, 0.15) is 0 Å². The first-order valence-corrected chi connectivity index (χ1v) is 7.83. The molecule has 0 saturated carbocycles. The molecule has 2 N–H and O–H groups in total. The maximum Gasteiger partial charge on any atom is 0.225 e. The van der Waals surface area contributed by atoms with Gasteiger partial charge < -0.3 is 10.6 Å². The normalized spacial score (nSPS) is 17.2. The Morgan fingerprint density at radius 1 is 1.25 bits per heavy atom. The molecule has 4 heteroatoms. The second kappa shape index (κ2) is 6.53. The Morgan fingerprint density at radius 2 is 1.90 bits per heavy atom. The highest BCUT2D eigenvalue weighted by atomic mass is 15.3. The van der Waals surface area contributed by atoms with Crippen LogP contribution in [0.15, 0.2) is 6.20 Å². The molecule has 2 heterocycles. The SMILES string of the molecule is CC(C)Cc1nc(N2CCC(N)CC2)ncc1C(C)C. The third kappa shape index (κ3) is 3.69. The molecular weight excluding hydrogens is 248 g/mol. The fraction of sp³-hybridized carbons (Fsp3) is 0.750. The fourth-order valence-corrected chi connectivity index (χ4v) is 2.70. The zero-order valence-corrected chi connectivity index (χ0v) is 13.3. The summed E-state index contributed by atoms with van der Waals surface area (Å²) in [5, 5.41) is 0. The lowest BCUT2D eigenvalue weighted by molar-refractivity contribution is 0.494. The van der Waals surface area contributed by atoms with E-state index in [4.69, 9.17) is 10.7 Å². The monoisotopic (exact) mass is 276 g/mol. The average molecular weight is 276 g/mol. The minimum absolute atomic E-state index is 0.344. The number of piperidine rings is 1. The molecule has 0 unspecified atom stereocenters. The molecule has 1 saturated heterocycles. The van der Waals surface area contributed by atoms with Gasteiger partial charge in [-0.05, 0) is 36.7 Å². The van der Waals surface area contributed by atoms with Crippen molar-refractivity contribution in [3.05, 3.63) is 17.5 Å². The molecule has 1 aromatic heterocycles. The molecule has 1 aliphatic rings. The molecule has 0 spiro atoms. The molecule has 1 aromatic rings. The van der Waals surface area contributed by atoms with E-state index in [9.17, 15) is 0 Å². The van der Waals surface area contributed by atoms with E-state index in [1.165, 1.54) is 11.3 Å². The Morgan fingerprint density at radius 3 is 2.45 bits per heavy atom. The summed E-state index contributed by atoms with van der Waals surface area (Å²) < 4.78 is 0. The number of hydrogen-bond donors (Lipinski definition) is 1. The van der Waals surface area contributed by atoms with E-state index in [0.717, 1.165) is 38.3 Å². The van der Waals surface area contributed by atoms with E-state index < -0.39 is 0 Å². The third-order valence-electron chi connectivity index (χ3n) is 3.93. The number of rotatable bonds is 4. The molecule has 1 fully saturated rings. The van der Waals surface area contributed by atoms with Crippen LogP contribution in [0.5, 0.6) is 0 Å². The van der Waals surface area contributed by atoms with E-state index in [0.29, 0.717) is 17.9 Å². The molecule has 0 aliphatic carbocycles. The quantitative estimate of drug-likeness (QED) is 0.918. The van der Waals surface area contributed by atoms with E-state index in [-0.39, 0.29) is 0 Å². The Labute approximate surface area is 122 Å². The van der Waals surface area contributed by atoms with Crippen LogP contribution in [0.25, 0.3) is 0 Å². The molecule has 1 aliphatic heterocycles. The summed E-state index contributed by atoms with van der Waals surface area (Å²) in [5.41, 5.74) is 8.47. The molecule has 20 heavy (non-hydrogen) atoms. The Bertz CT molecular complexity index is 434. The predicted octanol–water partition coefficient (Wildman–Crippen LogP) is 2.73. The van der Waals surface area contributed by atoms with Gasteiger partial charge in [-0.2, -0.15) is 0 Å². The van der Waals surface area contributed by atoms with Crippen molar-refractivity contribution in [1.82, 2.24) is 9.97 Å². The highest BCUT2D eigenvalue weighted by molar-refractivity contribution is 5.35. The van der Waals surface area contributed by atoms with Gasteiger partial charge in [-0.15, -0.1) is 0 Å². The number of nitrogens with two attached hydrogens (primary N) is 1. The van der Waals surface area contributed by atoms with Crippen LogP contribution in [-0.4, -0.2) is 29.1 Å². The second-order valence-corrected chi connectivity index (χ2v) is 6.65. The third-order valence-corrected chi connectivity index (χ3v) is 3.93. The number of anilines is 1. The number of aromatic nitrogens is 2. The second-order valence-electron chi connectivity index (χ2n) is 6.65. The summed E-state index contributed by atoms with van der Waals surface area (Å²) in [6.45, 7) is 10.9. The van der Waals surface area contributed by atoms with Crippen LogP contribution >= 0.6 is 0 Å². The first-order chi connectivity index (χ1) is 9.47. The largest absolute Gasteiger partial charge is 0.341 e. The molecule has 2 rings (SSSR count). The van der Waals surface area contributed by atoms with E-state index in [2.05, 4.69) is 37.6 Å². The van der Waals surface area contributed by atoms with E-state index in [1.54, 1.807) is 0 Å². The van der Waals surface area contributed by atoms with Gasteiger partial charge in [-0.25, -0.2) is 9.97 Å². The van der Waals surface area contributed by atoms with Gasteiger partial charge in [0.25, 0.3) is 0 Å². The van der Waals surface area contributed by atoms with Crippen LogP contribution in [0.4, 0.5) is 5.95 Å². The van der Waals surface area contributed by atoms with E-state index in [1.807, 2.05) is 6.20 Å². The first-order valence-electron chi connectivity index (χ1n) is 7.83. The molecule has 0 amide bonds. The molecule has 4 nitrogen and oxygen atoms in total. The molecule has 0 aromatic carbocycles. The van der Waals surface area contributed by atoms with Crippen molar-refractivity contribution in [2.75, 3.05) is 18.0 Å². The lowest BCUT2D eigenvalue weighted by Crippen LogP contribution is -2.40. The summed E-state index contributed by atoms with van der Waals surface area (Å²) in [7, 11) is 0. The van der Waals surface area contributed by atoms with Crippen molar-refractivity contribution in [2.24, 2.45) is 11.7 Å². The topological polar surface area (TPSA) is 55.0 Å². The smallest absolute Gasteiger partial charge is 0.225 e. The van der Waals surface area contributed by atoms with Crippen molar-refractivity contribution in [1.29, 1.82) is 0 Å². The van der Waals surface area contributed by atoms with Gasteiger partial charge in [-0.3, -0.25) is 0 Å². The molecule has 0 atom stereocenters. The van der Waals surface area contributed by atoms with Crippen LogP contribution in [0, 0.1) is 5.92 Å². The highest BCUT2D eigenvalue weighted by Crippen LogP contribution is 2.23. The zero-order chi connectivity index (χ0) is 14.7. The van der Waals surface area contributed by atoms with Crippen LogP contribution in [0.2, 0.25) is 0 Å². The van der Waals surface area contributed by atoms with Crippen molar-refractivity contribution < 1.29 is 0 Å². The number of nitrogens with zero attached hydrogens (tertiary/aromatic N) is 3. The van der Waals surface area contributed by atoms with Crippen LogP contribution in [0.3, 0.4) is 0 Å². The maximum absolute atomic E-state index is 5.97. The average Bonchev–Trinajstić information content (AvgIpc) is 2.38. The van der Waals surface area contributed by atoms with Gasteiger partial charge in [0, 0.05) is 31.0 Å². The van der Waals surface area contributed by atoms with Gasteiger partial charge in [0.2, 0.25) is 5.95 Å². The van der Waals surface area contributed by atoms with Crippen molar-refractivity contribution in [3.63, 3.8) is 0 Å². The Hall–Kier alpha value is -1.16. The zero-order valence-electron chi connectivity index (χ0n) is 13.3. The Kier molecular flexibility index (Phi) is 4.97. The van der Waals surface area contributed by atoms with Crippen LogP contribution in [0.1, 0.15) is 57.7 Å². The summed E-state index contributed by atoms with van der Waals surface area (Å²) in [4.78, 5) is 11.7. The molecule has 0 bridgehead atoms. The molecule has 112 valence electrons. The van der Waals surface area contributed by atoms with Gasteiger partial charge in [0.15, 0.2) is 0 Å². The summed E-state index contributed by atoms with van der Waals surface area (Å²) >= 11 is 0.